The van der Waals surface area contributed by atoms with Crippen molar-refractivity contribution in [3.8, 4) is 0 Å². The minimum Gasteiger partial charge on any atom is -0.272 e. The molecule has 1 aliphatic rings. The van der Waals surface area contributed by atoms with Gasteiger partial charge >= 0.3 is 0 Å². The molecule has 0 unspecified atom stereocenters. The number of nitrogens with one attached hydrogen (secondary N) is 1. The van der Waals surface area contributed by atoms with E-state index in [1.807, 2.05) is 64.1 Å². The number of hydrazone groups is 1. The molecule has 3 rings (SSSR count). The van der Waals surface area contributed by atoms with Gasteiger partial charge in [0.05, 0.1) is 17.7 Å². The molecule has 0 bridgehead atoms. The number of aryl methyl sites for hydroxylation is 4. The number of rotatable bonds is 7. The van der Waals surface area contributed by atoms with Gasteiger partial charge in [-0.2, -0.15) is 9.41 Å². The lowest BCUT2D eigenvalue weighted by Crippen LogP contribution is -2.46. The minimum atomic E-state index is -3.84. The van der Waals surface area contributed by atoms with Crippen molar-refractivity contribution in [3.63, 3.8) is 0 Å². The molecule has 172 valence electrons. The first-order valence-corrected chi connectivity index (χ1v) is 12.6. The topological polar surface area (TPSA) is 78.8 Å². The maximum atomic E-state index is 13.8. The van der Waals surface area contributed by atoms with Crippen molar-refractivity contribution >= 4 is 22.1 Å². The summed E-state index contributed by atoms with van der Waals surface area (Å²) in [5, 5.41) is 4.04. The molecule has 1 aliphatic carbocycles. The Labute approximate surface area is 191 Å². The van der Waals surface area contributed by atoms with Crippen molar-refractivity contribution in [1.29, 1.82) is 0 Å². The van der Waals surface area contributed by atoms with Gasteiger partial charge in [0.15, 0.2) is 0 Å². The van der Waals surface area contributed by atoms with E-state index in [-0.39, 0.29) is 12.6 Å². The van der Waals surface area contributed by atoms with Crippen molar-refractivity contribution in [2.24, 2.45) is 5.10 Å². The molecule has 0 aromatic heterocycles. The summed E-state index contributed by atoms with van der Waals surface area (Å²) in [5.74, 6) is -0.439. The number of sulfonamides is 1. The Morgan fingerprint density at radius 1 is 1.03 bits per heavy atom. The van der Waals surface area contributed by atoms with E-state index in [0.717, 1.165) is 48.8 Å². The third-order valence-corrected chi connectivity index (χ3v) is 8.10. The zero-order chi connectivity index (χ0) is 23.3. The highest BCUT2D eigenvalue weighted by atomic mass is 32.2. The fourth-order valence-corrected chi connectivity index (χ4v) is 6.63. The molecule has 0 saturated heterocycles. The van der Waals surface area contributed by atoms with Gasteiger partial charge in [-0.05, 0) is 57.2 Å². The predicted octanol–water partition coefficient (Wildman–Crippen LogP) is 4.39. The number of carbonyl (C=O) groups excluding carboxylic acids is 1. The summed E-state index contributed by atoms with van der Waals surface area (Å²) in [6, 6.07) is 11.3. The van der Waals surface area contributed by atoms with Crippen LogP contribution in [0, 0.1) is 27.7 Å². The zero-order valence-corrected chi connectivity index (χ0v) is 20.2. The normalized spacial score (nSPS) is 15.4. The highest BCUT2D eigenvalue weighted by molar-refractivity contribution is 7.89. The Balaban J connectivity index is 1.84. The maximum absolute atomic E-state index is 13.8. The van der Waals surface area contributed by atoms with Gasteiger partial charge in [-0.1, -0.05) is 66.8 Å². The third-order valence-electron chi connectivity index (χ3n) is 5.90. The van der Waals surface area contributed by atoms with Gasteiger partial charge in [0.25, 0.3) is 5.91 Å². The molecular formula is C25H33N3O3S. The molecule has 0 atom stereocenters. The number of amides is 1. The largest absolute Gasteiger partial charge is 0.272 e. The van der Waals surface area contributed by atoms with Crippen molar-refractivity contribution < 1.29 is 13.2 Å². The van der Waals surface area contributed by atoms with Crippen LogP contribution in [-0.2, 0) is 14.8 Å². The molecule has 1 saturated carbocycles. The number of benzene rings is 2. The van der Waals surface area contributed by atoms with Crippen molar-refractivity contribution in [3.05, 3.63) is 64.2 Å². The Kier molecular flexibility index (Phi) is 7.85. The standard InChI is InChI=1S/C25H33N3O3S/c1-18-9-8-10-22(15-18)16-26-27-24(29)17-28(23-11-6-5-7-12-23)32(30,31)25-20(3)13-19(2)14-21(25)4/h8-10,13-16,23H,5-7,11-12,17H2,1-4H3,(H,27,29)/b26-16+. The number of carbonyl (C=O) groups is 1. The zero-order valence-electron chi connectivity index (χ0n) is 19.4. The van der Waals surface area contributed by atoms with Crippen LogP contribution in [0.5, 0.6) is 0 Å². The lowest BCUT2D eigenvalue weighted by atomic mass is 9.95. The minimum absolute atomic E-state index is 0.180. The van der Waals surface area contributed by atoms with E-state index in [4.69, 9.17) is 0 Å². The molecule has 0 radical (unpaired) electrons. The SMILES string of the molecule is Cc1cccc(/C=N/NC(=O)CN(C2CCCCC2)S(=O)(=O)c2c(C)cc(C)cc2C)c1. The first kappa shape index (κ1) is 24.1. The van der Waals surface area contributed by atoms with Crippen LogP contribution < -0.4 is 5.43 Å². The summed E-state index contributed by atoms with van der Waals surface area (Å²) < 4.78 is 28.9. The lowest BCUT2D eigenvalue weighted by molar-refractivity contribution is -0.121. The van der Waals surface area contributed by atoms with Gasteiger partial charge in [-0.3, -0.25) is 4.79 Å². The smallest absolute Gasteiger partial charge is 0.255 e. The van der Waals surface area contributed by atoms with Gasteiger partial charge in [-0.25, -0.2) is 13.8 Å². The molecular weight excluding hydrogens is 422 g/mol. The predicted molar refractivity (Wildman–Crippen MR) is 128 cm³/mol. The van der Waals surface area contributed by atoms with E-state index in [2.05, 4.69) is 10.5 Å². The van der Waals surface area contributed by atoms with E-state index >= 15 is 0 Å². The number of hydrogen-bond acceptors (Lipinski definition) is 4. The van der Waals surface area contributed by atoms with Gasteiger partial charge in [0.1, 0.15) is 0 Å². The molecule has 0 aliphatic heterocycles. The summed E-state index contributed by atoms with van der Waals surface area (Å²) in [5.41, 5.74) is 6.91. The summed E-state index contributed by atoms with van der Waals surface area (Å²) in [7, 11) is -3.84. The van der Waals surface area contributed by atoms with E-state index in [1.165, 1.54) is 4.31 Å². The van der Waals surface area contributed by atoms with Crippen LogP contribution in [-0.4, -0.2) is 37.4 Å². The Hall–Kier alpha value is -2.51. The molecule has 0 spiro atoms. The van der Waals surface area contributed by atoms with Gasteiger partial charge < -0.3 is 0 Å². The van der Waals surface area contributed by atoms with Gasteiger partial charge in [0, 0.05) is 6.04 Å². The second-order valence-corrected chi connectivity index (χ2v) is 10.6. The average molecular weight is 456 g/mol. The molecule has 1 N–H and O–H groups in total. The molecule has 6 nitrogen and oxygen atoms in total. The van der Waals surface area contributed by atoms with E-state index in [0.29, 0.717) is 16.0 Å². The second-order valence-electron chi connectivity index (χ2n) is 8.78. The van der Waals surface area contributed by atoms with E-state index < -0.39 is 15.9 Å². The van der Waals surface area contributed by atoms with Crippen LogP contribution in [0.4, 0.5) is 0 Å². The van der Waals surface area contributed by atoms with Crippen LogP contribution in [0.2, 0.25) is 0 Å². The van der Waals surface area contributed by atoms with Crippen LogP contribution in [0.15, 0.2) is 46.4 Å². The van der Waals surface area contributed by atoms with Crippen LogP contribution in [0.1, 0.15) is 59.9 Å². The van der Waals surface area contributed by atoms with Crippen molar-refractivity contribution in [2.75, 3.05) is 6.54 Å². The lowest BCUT2D eigenvalue weighted by Gasteiger charge is -2.33. The Morgan fingerprint density at radius 3 is 2.31 bits per heavy atom. The van der Waals surface area contributed by atoms with Gasteiger partial charge in [-0.15, -0.1) is 0 Å². The summed E-state index contributed by atoms with van der Waals surface area (Å²) in [6.07, 6.45) is 6.13. The average Bonchev–Trinajstić information content (AvgIpc) is 2.71. The molecule has 7 heteroatoms. The highest BCUT2D eigenvalue weighted by Crippen LogP contribution is 2.31. The summed E-state index contributed by atoms with van der Waals surface area (Å²) in [4.78, 5) is 13.0. The molecule has 0 heterocycles. The van der Waals surface area contributed by atoms with E-state index in [9.17, 15) is 13.2 Å². The first-order valence-electron chi connectivity index (χ1n) is 11.2. The Morgan fingerprint density at radius 2 is 1.69 bits per heavy atom. The van der Waals surface area contributed by atoms with Crippen LogP contribution in [0.3, 0.4) is 0 Å². The van der Waals surface area contributed by atoms with Crippen molar-refractivity contribution in [1.82, 2.24) is 9.73 Å². The molecule has 1 fully saturated rings. The summed E-state index contributed by atoms with van der Waals surface area (Å²) in [6.45, 7) is 7.33. The quantitative estimate of drug-likeness (QED) is 0.497. The van der Waals surface area contributed by atoms with Crippen molar-refractivity contribution in [2.45, 2.75) is 70.7 Å². The Bertz CT molecular complexity index is 1080. The maximum Gasteiger partial charge on any atom is 0.255 e. The van der Waals surface area contributed by atoms with Crippen LogP contribution in [0.25, 0.3) is 0 Å². The molecule has 1 amide bonds. The number of nitrogens with zero attached hydrogens (tertiary/aromatic N) is 2. The fraction of sp³-hybridized carbons (Fsp3) is 0.440. The fourth-order valence-electron chi connectivity index (χ4n) is 4.58. The molecule has 2 aromatic carbocycles. The van der Waals surface area contributed by atoms with E-state index in [1.54, 1.807) is 6.21 Å². The second kappa shape index (κ2) is 10.4. The summed E-state index contributed by atoms with van der Waals surface area (Å²) >= 11 is 0. The van der Waals surface area contributed by atoms with Gasteiger partial charge in [0.2, 0.25) is 10.0 Å². The molecule has 2 aromatic rings. The molecule has 32 heavy (non-hydrogen) atoms. The first-order chi connectivity index (χ1) is 15.2. The van der Waals surface area contributed by atoms with Crippen LogP contribution >= 0.6 is 0 Å². The third kappa shape index (κ3) is 5.84. The highest BCUT2D eigenvalue weighted by Gasteiger charge is 2.35. The number of hydrogen-bond donors (Lipinski definition) is 1. The monoisotopic (exact) mass is 455 g/mol.